The maximum absolute atomic E-state index is 13.9. The number of para-hydroxylation sites is 2. The van der Waals surface area contributed by atoms with Crippen LogP contribution in [0.5, 0.6) is 0 Å². The van der Waals surface area contributed by atoms with E-state index in [1.54, 1.807) is 6.92 Å². The van der Waals surface area contributed by atoms with Gasteiger partial charge in [-0.05, 0) is 75.8 Å². The Balaban J connectivity index is 1.36. The van der Waals surface area contributed by atoms with E-state index in [4.69, 9.17) is 4.74 Å². The van der Waals surface area contributed by atoms with Crippen LogP contribution in [0.2, 0.25) is 0 Å². The number of benzene rings is 1. The molecule has 6 rings (SSSR count). The lowest BCUT2D eigenvalue weighted by molar-refractivity contribution is -0.135. The van der Waals surface area contributed by atoms with Gasteiger partial charge in [-0.1, -0.05) is 43.0 Å². The summed E-state index contributed by atoms with van der Waals surface area (Å²) in [7, 11) is 0. The second-order valence-corrected chi connectivity index (χ2v) is 11.6. The molecule has 198 valence electrons. The quantitative estimate of drug-likeness (QED) is 0.274. The maximum Gasteiger partial charge on any atom is 0.362 e. The van der Waals surface area contributed by atoms with Crippen molar-refractivity contribution in [2.24, 2.45) is 17.0 Å². The van der Waals surface area contributed by atoms with E-state index in [0.29, 0.717) is 23.6 Å². The highest BCUT2D eigenvalue weighted by Crippen LogP contribution is 2.47. The van der Waals surface area contributed by atoms with Crippen LogP contribution in [0.3, 0.4) is 0 Å². The van der Waals surface area contributed by atoms with Crippen LogP contribution in [0.25, 0.3) is 11.0 Å². The van der Waals surface area contributed by atoms with Gasteiger partial charge in [-0.2, -0.15) is 0 Å². The molecule has 0 radical (unpaired) electrons. The number of oxime groups is 1. The summed E-state index contributed by atoms with van der Waals surface area (Å²) in [5.41, 5.74) is 0.407. The number of esters is 1. The first-order valence-corrected chi connectivity index (χ1v) is 14.3. The molecule has 2 aliphatic carbocycles. The first-order chi connectivity index (χ1) is 18.1. The molecule has 4 aliphatic rings. The van der Waals surface area contributed by atoms with Crippen molar-refractivity contribution in [3.63, 3.8) is 0 Å². The Kier molecular flexibility index (Phi) is 6.78. The van der Waals surface area contributed by atoms with Crippen molar-refractivity contribution < 1.29 is 14.7 Å². The molecule has 2 saturated heterocycles. The van der Waals surface area contributed by atoms with E-state index in [2.05, 4.69) is 15.0 Å². The number of nitrogens with zero attached hydrogens (tertiary/aromatic N) is 4. The van der Waals surface area contributed by atoms with Crippen LogP contribution in [0, 0.1) is 11.8 Å². The molecule has 1 aromatic carbocycles. The van der Waals surface area contributed by atoms with Gasteiger partial charge in [0.15, 0.2) is 5.69 Å². The third-order valence-corrected chi connectivity index (χ3v) is 9.48. The van der Waals surface area contributed by atoms with Crippen molar-refractivity contribution in [2.45, 2.75) is 102 Å². The second kappa shape index (κ2) is 10.2. The third kappa shape index (κ3) is 4.47. The molecular formula is C29H38N4O4. The molecule has 4 bridgehead atoms. The van der Waals surface area contributed by atoms with E-state index in [9.17, 15) is 14.8 Å². The van der Waals surface area contributed by atoms with Gasteiger partial charge in [0.2, 0.25) is 5.71 Å². The number of aromatic nitrogens is 2. The lowest BCUT2D eigenvalue weighted by Crippen LogP contribution is -2.58. The summed E-state index contributed by atoms with van der Waals surface area (Å²) in [6.45, 7) is 1.79. The number of rotatable bonds is 5. The highest BCUT2D eigenvalue weighted by molar-refractivity contribution is 6.42. The Hall–Kier alpha value is -2.74. The molecule has 2 aromatic rings. The average Bonchev–Trinajstić information content (AvgIpc) is 2.88. The van der Waals surface area contributed by atoms with Gasteiger partial charge in [0.1, 0.15) is 0 Å². The molecule has 8 nitrogen and oxygen atoms in total. The molecule has 0 amide bonds. The summed E-state index contributed by atoms with van der Waals surface area (Å²) in [5, 5.41) is 12.8. The summed E-state index contributed by atoms with van der Waals surface area (Å²) in [6.07, 6.45) is 13.7. The number of hydrogen-bond acceptors (Lipinski definition) is 7. The Morgan fingerprint density at radius 1 is 0.973 bits per heavy atom. The Bertz CT molecular complexity index is 1230. The van der Waals surface area contributed by atoms with Gasteiger partial charge in [-0.15, -0.1) is 0 Å². The number of hydrogen-bond donors (Lipinski definition) is 1. The van der Waals surface area contributed by atoms with Crippen LogP contribution in [0.4, 0.5) is 0 Å². The van der Waals surface area contributed by atoms with Crippen molar-refractivity contribution in [2.75, 3.05) is 6.61 Å². The fraction of sp³-hybridized carbons (Fsp3) is 0.655. The first-order valence-electron chi connectivity index (χ1n) is 14.3. The summed E-state index contributed by atoms with van der Waals surface area (Å²) in [4.78, 5) is 33.8. The largest absolute Gasteiger partial charge is 0.461 e. The lowest BCUT2D eigenvalue weighted by Gasteiger charge is -2.55. The molecule has 4 unspecified atom stereocenters. The van der Waals surface area contributed by atoms with Crippen molar-refractivity contribution in [3.8, 4) is 0 Å². The van der Waals surface area contributed by atoms with Crippen molar-refractivity contribution >= 4 is 22.7 Å². The molecule has 3 heterocycles. The molecule has 1 N–H and O–H groups in total. The third-order valence-electron chi connectivity index (χ3n) is 9.48. The Morgan fingerprint density at radius 2 is 1.65 bits per heavy atom. The summed E-state index contributed by atoms with van der Waals surface area (Å²) < 4.78 is 6.88. The molecule has 0 spiro atoms. The predicted molar refractivity (Wildman–Crippen MR) is 141 cm³/mol. The van der Waals surface area contributed by atoms with Crippen LogP contribution in [-0.4, -0.2) is 56.1 Å². The maximum atomic E-state index is 13.9. The minimum absolute atomic E-state index is 0.0101. The minimum atomic E-state index is -0.842. The topological polar surface area (TPSA) is 97.0 Å². The first kappa shape index (κ1) is 24.6. The summed E-state index contributed by atoms with van der Waals surface area (Å²) in [5.74, 6) is 0.944. The SMILES string of the molecule is CCOC(=O)C(=NO)c1nc2ccccc2n(C2CC3CCC[C@H](C2)N3C2CC3CCCC(C3)C2)c1=O. The molecule has 1 aromatic heterocycles. The van der Waals surface area contributed by atoms with E-state index in [0.717, 1.165) is 30.2 Å². The Morgan fingerprint density at radius 3 is 2.32 bits per heavy atom. The smallest absolute Gasteiger partial charge is 0.362 e. The highest BCUT2D eigenvalue weighted by atomic mass is 16.5. The van der Waals surface area contributed by atoms with Crippen LogP contribution in [-0.2, 0) is 9.53 Å². The fourth-order valence-corrected chi connectivity index (χ4v) is 8.19. The zero-order valence-electron chi connectivity index (χ0n) is 21.7. The minimum Gasteiger partial charge on any atom is -0.461 e. The molecule has 2 aliphatic heterocycles. The summed E-state index contributed by atoms with van der Waals surface area (Å²) >= 11 is 0. The fourth-order valence-electron chi connectivity index (χ4n) is 8.19. The number of ether oxygens (including phenoxy) is 1. The van der Waals surface area contributed by atoms with Gasteiger partial charge in [-0.3, -0.25) is 9.69 Å². The number of fused-ring (bicyclic) bond motifs is 5. The van der Waals surface area contributed by atoms with E-state index >= 15 is 0 Å². The monoisotopic (exact) mass is 506 g/mol. The van der Waals surface area contributed by atoms with Crippen LogP contribution >= 0.6 is 0 Å². The number of carbonyl (C=O) groups excluding carboxylic acids is 1. The van der Waals surface area contributed by atoms with Crippen molar-refractivity contribution in [1.29, 1.82) is 0 Å². The second-order valence-electron chi connectivity index (χ2n) is 11.6. The average molecular weight is 507 g/mol. The zero-order chi connectivity index (χ0) is 25.5. The van der Waals surface area contributed by atoms with Crippen molar-refractivity contribution in [1.82, 2.24) is 14.5 Å². The lowest BCUT2D eigenvalue weighted by atomic mass is 9.68. The molecule has 4 fully saturated rings. The normalized spacial score (nSPS) is 32.3. The molecule has 5 atom stereocenters. The van der Waals surface area contributed by atoms with Gasteiger partial charge in [0.25, 0.3) is 5.56 Å². The van der Waals surface area contributed by atoms with Gasteiger partial charge in [0.05, 0.1) is 17.6 Å². The van der Waals surface area contributed by atoms with E-state index < -0.39 is 11.7 Å². The number of piperidine rings is 2. The number of carbonyl (C=O) groups is 1. The molecule has 2 saturated carbocycles. The zero-order valence-corrected chi connectivity index (χ0v) is 21.7. The molecular weight excluding hydrogens is 468 g/mol. The van der Waals surface area contributed by atoms with Crippen LogP contribution < -0.4 is 5.56 Å². The predicted octanol–water partition coefficient (Wildman–Crippen LogP) is 4.66. The van der Waals surface area contributed by atoms with Gasteiger partial charge in [-0.25, -0.2) is 9.78 Å². The van der Waals surface area contributed by atoms with Crippen molar-refractivity contribution in [3.05, 3.63) is 40.3 Å². The Labute approximate surface area is 217 Å². The van der Waals surface area contributed by atoms with E-state index in [1.165, 1.54) is 57.8 Å². The van der Waals surface area contributed by atoms with Gasteiger partial charge >= 0.3 is 5.97 Å². The standard InChI is InChI=1S/C29H38N4O4/c1-2-37-29(35)27(31-36)26-28(34)33(25-12-4-3-11-24(25)30-26)23-16-20-9-6-10-21(17-23)32(20)22-14-18-7-5-8-19(13-18)15-22/h3-4,11-12,18-23,36H,2,5-10,13-17H2,1H3/t18?,19?,20-,21?,22?,23?/m1/s1. The summed E-state index contributed by atoms with van der Waals surface area (Å²) in [6, 6.07) is 9.19. The molecule has 8 heteroatoms. The molecule has 37 heavy (non-hydrogen) atoms. The van der Waals surface area contributed by atoms with Crippen LogP contribution in [0.1, 0.15) is 89.3 Å². The van der Waals surface area contributed by atoms with Gasteiger partial charge < -0.3 is 14.5 Å². The van der Waals surface area contributed by atoms with Crippen LogP contribution in [0.15, 0.2) is 34.2 Å². The van der Waals surface area contributed by atoms with E-state index in [1.807, 2.05) is 28.8 Å². The van der Waals surface area contributed by atoms with Gasteiger partial charge in [0, 0.05) is 24.2 Å². The van der Waals surface area contributed by atoms with E-state index in [-0.39, 0.29) is 23.9 Å². The highest BCUT2D eigenvalue weighted by Gasteiger charge is 2.45.